The highest BCUT2D eigenvalue weighted by Gasteiger charge is 2.08. The molecule has 68 valence electrons. The molecule has 0 aliphatic heterocycles. The molecule has 0 bridgehead atoms. The lowest BCUT2D eigenvalue weighted by molar-refractivity contribution is 1.02. The monoisotopic (exact) mass is 195 g/mol. The number of aromatic nitrogens is 1. The van der Waals surface area contributed by atoms with Crippen LogP contribution in [0.4, 0.5) is 5.69 Å². The summed E-state index contributed by atoms with van der Waals surface area (Å²) in [6, 6.07) is 5.62. The lowest BCUT2D eigenvalue weighted by Gasteiger charge is -1.93. The van der Waals surface area contributed by atoms with Gasteiger partial charge in [-0.15, -0.1) is 0 Å². The van der Waals surface area contributed by atoms with E-state index in [1.54, 1.807) is 0 Å². The van der Waals surface area contributed by atoms with Crippen molar-refractivity contribution in [2.24, 2.45) is 5.73 Å². The maximum absolute atomic E-state index is 6.06. The number of para-hydroxylation sites is 1. The Morgan fingerprint density at radius 2 is 2.15 bits per heavy atom. The molecule has 13 heavy (non-hydrogen) atoms. The molecule has 0 aliphatic carbocycles. The molecule has 1 aromatic carbocycles. The highest BCUT2D eigenvalue weighted by atomic mass is 35.5. The molecule has 0 saturated heterocycles. The van der Waals surface area contributed by atoms with Gasteiger partial charge in [-0.1, -0.05) is 23.7 Å². The molecule has 0 spiro atoms. The van der Waals surface area contributed by atoms with E-state index in [-0.39, 0.29) is 0 Å². The zero-order valence-electron chi connectivity index (χ0n) is 6.97. The van der Waals surface area contributed by atoms with Crippen molar-refractivity contribution in [2.45, 2.75) is 6.54 Å². The average molecular weight is 196 g/mol. The number of benzene rings is 1. The Kier molecular flexibility index (Phi) is 1.90. The van der Waals surface area contributed by atoms with Gasteiger partial charge in [0.2, 0.25) is 0 Å². The third-order valence-electron chi connectivity index (χ3n) is 2.08. The van der Waals surface area contributed by atoms with Crippen LogP contribution in [0, 0.1) is 0 Å². The van der Waals surface area contributed by atoms with Crippen LogP contribution in [-0.4, -0.2) is 4.98 Å². The number of hydrogen-bond donors (Lipinski definition) is 3. The number of hydrogen-bond acceptors (Lipinski definition) is 2. The molecule has 5 N–H and O–H groups in total. The van der Waals surface area contributed by atoms with Gasteiger partial charge >= 0.3 is 0 Å². The summed E-state index contributed by atoms with van der Waals surface area (Å²) in [4.78, 5) is 3.10. The van der Waals surface area contributed by atoms with Crippen molar-refractivity contribution >= 4 is 28.2 Å². The summed E-state index contributed by atoms with van der Waals surface area (Å²) >= 11 is 6.06. The van der Waals surface area contributed by atoms with Crippen LogP contribution in [0.2, 0.25) is 5.02 Å². The van der Waals surface area contributed by atoms with Gasteiger partial charge in [0.15, 0.2) is 0 Å². The highest BCUT2D eigenvalue weighted by Crippen LogP contribution is 2.30. The van der Waals surface area contributed by atoms with Crippen LogP contribution in [0.5, 0.6) is 0 Å². The predicted molar refractivity (Wildman–Crippen MR) is 55.6 cm³/mol. The van der Waals surface area contributed by atoms with Gasteiger partial charge < -0.3 is 16.5 Å². The fraction of sp³-hybridized carbons (Fsp3) is 0.111. The number of rotatable bonds is 1. The quantitative estimate of drug-likeness (QED) is 0.608. The number of nitrogens with one attached hydrogen (secondary N) is 1. The molecule has 0 radical (unpaired) electrons. The Balaban J connectivity index is 2.83. The molecule has 3 nitrogen and oxygen atoms in total. The lowest BCUT2D eigenvalue weighted by atomic mass is 10.2. The third kappa shape index (κ3) is 1.17. The number of H-pyrrole nitrogens is 1. The van der Waals surface area contributed by atoms with E-state index in [1.807, 2.05) is 18.2 Å². The van der Waals surface area contributed by atoms with Gasteiger partial charge in [0.05, 0.1) is 16.2 Å². The summed E-state index contributed by atoms with van der Waals surface area (Å²) in [5, 5.41) is 1.60. The van der Waals surface area contributed by atoms with Crippen molar-refractivity contribution < 1.29 is 0 Å². The SMILES string of the molecule is NCc1[nH]c2c(N)cccc2c1Cl. The topological polar surface area (TPSA) is 67.8 Å². The van der Waals surface area contributed by atoms with Crippen LogP contribution in [0.1, 0.15) is 5.69 Å². The lowest BCUT2D eigenvalue weighted by Crippen LogP contribution is -1.96. The fourth-order valence-electron chi connectivity index (χ4n) is 1.40. The van der Waals surface area contributed by atoms with Gasteiger partial charge in [-0.05, 0) is 6.07 Å². The molecule has 2 rings (SSSR count). The molecule has 0 saturated carbocycles. The molecule has 1 heterocycles. The minimum absolute atomic E-state index is 0.396. The molecule has 0 fully saturated rings. The molecule has 0 atom stereocenters. The van der Waals surface area contributed by atoms with E-state index in [4.69, 9.17) is 23.1 Å². The van der Waals surface area contributed by atoms with E-state index >= 15 is 0 Å². The van der Waals surface area contributed by atoms with Gasteiger partial charge in [-0.3, -0.25) is 0 Å². The first-order valence-electron chi connectivity index (χ1n) is 3.98. The predicted octanol–water partition coefficient (Wildman–Crippen LogP) is 1.86. The van der Waals surface area contributed by atoms with Crippen molar-refractivity contribution in [3.8, 4) is 0 Å². The van der Waals surface area contributed by atoms with Crippen molar-refractivity contribution in [3.05, 3.63) is 28.9 Å². The van der Waals surface area contributed by atoms with E-state index in [0.29, 0.717) is 17.3 Å². The molecule has 2 aromatic rings. The maximum Gasteiger partial charge on any atom is 0.0705 e. The van der Waals surface area contributed by atoms with Crippen molar-refractivity contribution in [1.29, 1.82) is 0 Å². The van der Waals surface area contributed by atoms with Crippen molar-refractivity contribution in [3.63, 3.8) is 0 Å². The number of halogens is 1. The van der Waals surface area contributed by atoms with Gasteiger partial charge in [0, 0.05) is 17.6 Å². The molecule has 0 unspecified atom stereocenters. The smallest absolute Gasteiger partial charge is 0.0705 e. The maximum atomic E-state index is 6.06. The Morgan fingerprint density at radius 3 is 2.77 bits per heavy atom. The molecule has 1 aromatic heterocycles. The van der Waals surface area contributed by atoms with Crippen LogP contribution >= 0.6 is 11.6 Å². The van der Waals surface area contributed by atoms with Gasteiger partial charge in [0.25, 0.3) is 0 Å². The molecule has 4 heteroatoms. The second-order valence-corrected chi connectivity index (χ2v) is 3.27. The number of nitrogen functional groups attached to an aromatic ring is 1. The second kappa shape index (κ2) is 2.94. The number of nitrogens with two attached hydrogens (primary N) is 2. The van der Waals surface area contributed by atoms with Crippen LogP contribution in [0.15, 0.2) is 18.2 Å². The molecule has 0 amide bonds. The van der Waals surface area contributed by atoms with E-state index in [9.17, 15) is 0 Å². The minimum Gasteiger partial charge on any atom is -0.397 e. The summed E-state index contributed by atoms with van der Waals surface area (Å²) in [6.45, 7) is 0.396. The molecular weight excluding hydrogens is 186 g/mol. The summed E-state index contributed by atoms with van der Waals surface area (Å²) < 4.78 is 0. The molecular formula is C9H10ClN3. The van der Waals surface area contributed by atoms with Crippen LogP contribution in [-0.2, 0) is 6.54 Å². The fourth-order valence-corrected chi connectivity index (χ4v) is 1.68. The second-order valence-electron chi connectivity index (χ2n) is 2.89. The first kappa shape index (κ1) is 8.41. The first-order valence-corrected chi connectivity index (χ1v) is 4.36. The van der Waals surface area contributed by atoms with E-state index in [2.05, 4.69) is 4.98 Å². The highest BCUT2D eigenvalue weighted by molar-refractivity contribution is 6.36. The zero-order valence-corrected chi connectivity index (χ0v) is 7.73. The number of aromatic amines is 1. The van der Waals surface area contributed by atoms with Gasteiger partial charge in [0.1, 0.15) is 0 Å². The van der Waals surface area contributed by atoms with Crippen LogP contribution < -0.4 is 11.5 Å². The summed E-state index contributed by atoms with van der Waals surface area (Å²) in [7, 11) is 0. The van der Waals surface area contributed by atoms with E-state index in [0.717, 1.165) is 16.6 Å². The summed E-state index contributed by atoms with van der Waals surface area (Å²) in [5.41, 5.74) is 13.7. The van der Waals surface area contributed by atoms with E-state index in [1.165, 1.54) is 0 Å². The average Bonchev–Trinajstić information content (AvgIpc) is 2.45. The van der Waals surface area contributed by atoms with Crippen molar-refractivity contribution in [1.82, 2.24) is 4.98 Å². The summed E-state index contributed by atoms with van der Waals surface area (Å²) in [5.74, 6) is 0. The Labute approximate surface area is 80.7 Å². The Bertz CT molecular complexity index is 447. The number of anilines is 1. The van der Waals surface area contributed by atoms with Gasteiger partial charge in [-0.2, -0.15) is 0 Å². The minimum atomic E-state index is 0.396. The van der Waals surface area contributed by atoms with Crippen LogP contribution in [0.25, 0.3) is 10.9 Å². The van der Waals surface area contributed by atoms with Gasteiger partial charge in [-0.25, -0.2) is 0 Å². The summed E-state index contributed by atoms with van der Waals surface area (Å²) in [6.07, 6.45) is 0. The van der Waals surface area contributed by atoms with E-state index < -0.39 is 0 Å². The van der Waals surface area contributed by atoms with Crippen LogP contribution in [0.3, 0.4) is 0 Å². The zero-order chi connectivity index (χ0) is 9.42. The largest absolute Gasteiger partial charge is 0.397 e. The Morgan fingerprint density at radius 1 is 1.38 bits per heavy atom. The number of fused-ring (bicyclic) bond motifs is 1. The normalized spacial score (nSPS) is 10.9. The molecule has 0 aliphatic rings. The van der Waals surface area contributed by atoms with Crippen molar-refractivity contribution in [2.75, 3.05) is 5.73 Å². The first-order chi connectivity index (χ1) is 6.24. The third-order valence-corrected chi connectivity index (χ3v) is 2.51. The standard InChI is InChI=1S/C9H10ClN3/c10-8-5-2-1-3-6(12)9(5)13-7(8)4-11/h1-3,13H,4,11-12H2. The Hall–Kier alpha value is -1.19.